The van der Waals surface area contributed by atoms with Crippen LogP contribution in [0.1, 0.15) is 79.1 Å². The normalized spacial score (nSPS) is 45.1. The molecule has 3 saturated carbocycles. The maximum Gasteiger partial charge on any atom is 0.306 e. The minimum absolute atomic E-state index is 0.0900. The zero-order valence-electron chi connectivity index (χ0n) is 18.4. The number of rotatable bonds is 3. The molecule has 4 rings (SSSR count). The fraction of sp³-hybridized carbons (Fsp3) is 0.840. The summed E-state index contributed by atoms with van der Waals surface area (Å²) in [6.07, 6.45) is 10.4. The Balaban J connectivity index is 1.71. The SMILES string of the molecule is COC(=O)CC1CC2C(CCC3(C)C(C(C)C)CCC23)C2(C)CCC(=O)C=C12. The van der Waals surface area contributed by atoms with Crippen LogP contribution in [0, 0.1) is 46.3 Å². The van der Waals surface area contributed by atoms with Crippen LogP contribution >= 0.6 is 0 Å². The first-order chi connectivity index (χ1) is 13.2. The monoisotopic (exact) mass is 386 g/mol. The average molecular weight is 387 g/mol. The number of hydrogen-bond donors (Lipinski definition) is 0. The van der Waals surface area contributed by atoms with E-state index in [1.807, 2.05) is 6.08 Å². The molecular formula is C25H38O3. The Hall–Kier alpha value is -1.12. The van der Waals surface area contributed by atoms with E-state index in [2.05, 4.69) is 27.7 Å². The first-order valence-corrected chi connectivity index (χ1v) is 11.5. The maximum absolute atomic E-state index is 12.3. The number of fused-ring (bicyclic) bond motifs is 5. The molecule has 0 spiro atoms. The van der Waals surface area contributed by atoms with Crippen LogP contribution in [0.4, 0.5) is 0 Å². The molecule has 0 aromatic heterocycles. The predicted octanol–water partition coefficient (Wildman–Crippen LogP) is 5.58. The Morgan fingerprint density at radius 1 is 1.18 bits per heavy atom. The summed E-state index contributed by atoms with van der Waals surface area (Å²) in [6.45, 7) is 9.78. The van der Waals surface area contributed by atoms with Gasteiger partial charge in [-0.15, -0.1) is 0 Å². The molecular weight excluding hydrogens is 348 g/mol. The molecule has 0 N–H and O–H groups in total. The third-order valence-electron chi connectivity index (χ3n) is 9.64. The topological polar surface area (TPSA) is 43.4 Å². The van der Waals surface area contributed by atoms with Gasteiger partial charge in [-0.3, -0.25) is 9.59 Å². The van der Waals surface area contributed by atoms with Gasteiger partial charge in [0.05, 0.1) is 13.5 Å². The van der Waals surface area contributed by atoms with Crippen LogP contribution in [-0.4, -0.2) is 18.9 Å². The van der Waals surface area contributed by atoms with E-state index in [0.717, 1.165) is 30.6 Å². The highest BCUT2D eigenvalue weighted by Crippen LogP contribution is 2.68. The molecule has 0 heterocycles. The van der Waals surface area contributed by atoms with Crippen molar-refractivity contribution in [1.29, 1.82) is 0 Å². The third kappa shape index (κ3) is 2.91. The standard InChI is InChI=1S/C25H38O3/c1-15(2)19-6-7-20-18-12-16(13-23(27)28-5)22-14-17(26)8-10-25(22,4)21(18)9-11-24(19,20)3/h14-16,18-21H,6-13H2,1-5H3. The Bertz CT molecular complexity index is 692. The van der Waals surface area contributed by atoms with Gasteiger partial charge in [-0.05, 0) is 90.9 Å². The van der Waals surface area contributed by atoms with Crippen LogP contribution in [0.25, 0.3) is 0 Å². The van der Waals surface area contributed by atoms with E-state index in [-0.39, 0.29) is 23.1 Å². The fourth-order valence-corrected chi connectivity index (χ4v) is 8.40. The summed E-state index contributed by atoms with van der Waals surface area (Å²) in [5.41, 5.74) is 1.82. The second-order valence-electron chi connectivity index (χ2n) is 11.0. The highest BCUT2D eigenvalue weighted by Gasteiger charge is 2.60. The van der Waals surface area contributed by atoms with Gasteiger partial charge >= 0.3 is 5.97 Å². The van der Waals surface area contributed by atoms with E-state index < -0.39 is 0 Å². The second-order valence-corrected chi connectivity index (χ2v) is 11.0. The number of carbonyl (C=O) groups excluding carboxylic acids is 2. The van der Waals surface area contributed by atoms with Gasteiger partial charge in [-0.25, -0.2) is 0 Å². The van der Waals surface area contributed by atoms with Gasteiger partial charge in [0.15, 0.2) is 5.78 Å². The maximum atomic E-state index is 12.3. The van der Waals surface area contributed by atoms with Gasteiger partial charge in [0.1, 0.15) is 0 Å². The number of esters is 1. The minimum Gasteiger partial charge on any atom is -0.469 e. The quantitative estimate of drug-likeness (QED) is 0.595. The number of methoxy groups -OCH3 is 1. The third-order valence-corrected chi connectivity index (χ3v) is 9.64. The summed E-state index contributed by atoms with van der Waals surface area (Å²) in [5, 5.41) is 0. The van der Waals surface area contributed by atoms with Gasteiger partial charge in [-0.2, -0.15) is 0 Å². The average Bonchev–Trinajstić information content (AvgIpc) is 3.00. The molecule has 0 aromatic rings. The lowest BCUT2D eigenvalue weighted by Crippen LogP contribution is -2.53. The Labute approximate surface area is 170 Å². The first kappa shape index (κ1) is 20.2. The van der Waals surface area contributed by atoms with Crippen molar-refractivity contribution in [2.75, 3.05) is 7.11 Å². The highest BCUT2D eigenvalue weighted by atomic mass is 16.5. The van der Waals surface area contributed by atoms with Crippen LogP contribution in [0.15, 0.2) is 11.6 Å². The van der Waals surface area contributed by atoms with Gasteiger partial charge in [0.25, 0.3) is 0 Å². The largest absolute Gasteiger partial charge is 0.469 e. The zero-order chi connectivity index (χ0) is 20.3. The predicted molar refractivity (Wildman–Crippen MR) is 111 cm³/mol. The number of ketones is 1. The minimum atomic E-state index is -0.130. The molecule has 156 valence electrons. The Kier molecular flexibility index (Phi) is 5.03. The summed E-state index contributed by atoms with van der Waals surface area (Å²) in [6, 6.07) is 0. The van der Waals surface area contributed by atoms with E-state index in [1.165, 1.54) is 38.4 Å². The molecule has 3 nitrogen and oxygen atoms in total. The van der Waals surface area contributed by atoms with Crippen LogP contribution in [0.2, 0.25) is 0 Å². The van der Waals surface area contributed by atoms with E-state index in [0.29, 0.717) is 30.1 Å². The smallest absolute Gasteiger partial charge is 0.306 e. The van der Waals surface area contributed by atoms with Crippen LogP contribution in [-0.2, 0) is 14.3 Å². The van der Waals surface area contributed by atoms with Gasteiger partial charge < -0.3 is 4.74 Å². The van der Waals surface area contributed by atoms with Gasteiger partial charge in [-0.1, -0.05) is 33.3 Å². The van der Waals surface area contributed by atoms with Crippen molar-refractivity contribution < 1.29 is 14.3 Å². The van der Waals surface area contributed by atoms with Crippen molar-refractivity contribution in [3.8, 4) is 0 Å². The fourth-order valence-electron chi connectivity index (χ4n) is 8.40. The molecule has 0 amide bonds. The summed E-state index contributed by atoms with van der Waals surface area (Å²) < 4.78 is 5.03. The lowest BCUT2D eigenvalue weighted by atomic mass is 9.44. The molecule has 3 heteroatoms. The molecule has 0 aliphatic heterocycles. The Morgan fingerprint density at radius 2 is 1.93 bits per heavy atom. The van der Waals surface area contributed by atoms with E-state index in [9.17, 15) is 9.59 Å². The Morgan fingerprint density at radius 3 is 2.61 bits per heavy atom. The van der Waals surface area contributed by atoms with Crippen molar-refractivity contribution in [1.82, 2.24) is 0 Å². The summed E-state index contributed by atoms with van der Waals surface area (Å²) >= 11 is 0. The molecule has 3 fully saturated rings. The number of ether oxygens (including phenoxy) is 1. The molecule has 0 saturated heterocycles. The molecule has 4 aliphatic carbocycles. The molecule has 0 aromatic carbocycles. The van der Waals surface area contributed by atoms with Crippen LogP contribution in [0.5, 0.6) is 0 Å². The molecule has 7 atom stereocenters. The van der Waals surface area contributed by atoms with Crippen molar-refractivity contribution >= 4 is 11.8 Å². The first-order valence-electron chi connectivity index (χ1n) is 11.5. The number of allylic oxidation sites excluding steroid dienone is 1. The van der Waals surface area contributed by atoms with Crippen molar-refractivity contribution in [2.24, 2.45) is 46.3 Å². The van der Waals surface area contributed by atoms with Crippen LogP contribution in [0.3, 0.4) is 0 Å². The second kappa shape index (κ2) is 6.99. The lowest BCUT2D eigenvalue weighted by molar-refractivity contribution is -0.143. The molecule has 0 bridgehead atoms. The van der Waals surface area contributed by atoms with Crippen molar-refractivity contribution in [2.45, 2.75) is 79.1 Å². The molecule has 7 unspecified atom stereocenters. The van der Waals surface area contributed by atoms with E-state index in [1.54, 1.807) is 0 Å². The molecule has 28 heavy (non-hydrogen) atoms. The lowest BCUT2D eigenvalue weighted by Gasteiger charge is -2.60. The van der Waals surface area contributed by atoms with Gasteiger partial charge in [0, 0.05) is 6.42 Å². The number of carbonyl (C=O) groups is 2. The van der Waals surface area contributed by atoms with E-state index in [4.69, 9.17) is 4.74 Å². The number of hydrogen-bond acceptors (Lipinski definition) is 3. The molecule has 4 aliphatic rings. The summed E-state index contributed by atoms with van der Waals surface area (Å²) in [5.74, 6) is 4.02. The highest BCUT2D eigenvalue weighted by molar-refractivity contribution is 5.92. The van der Waals surface area contributed by atoms with Gasteiger partial charge in [0.2, 0.25) is 0 Å². The van der Waals surface area contributed by atoms with E-state index >= 15 is 0 Å². The van der Waals surface area contributed by atoms with Crippen molar-refractivity contribution in [3.05, 3.63) is 11.6 Å². The summed E-state index contributed by atoms with van der Waals surface area (Å²) in [7, 11) is 1.48. The van der Waals surface area contributed by atoms with Crippen molar-refractivity contribution in [3.63, 3.8) is 0 Å². The summed E-state index contributed by atoms with van der Waals surface area (Å²) in [4.78, 5) is 24.5. The van der Waals surface area contributed by atoms with Crippen LogP contribution < -0.4 is 0 Å². The zero-order valence-corrected chi connectivity index (χ0v) is 18.4. The molecule has 0 radical (unpaired) electrons.